The fraction of sp³-hybridized carbons (Fsp3) is 0.158. The summed E-state index contributed by atoms with van der Waals surface area (Å²) >= 11 is 1.54. The Bertz CT molecular complexity index is 736. The van der Waals surface area contributed by atoms with Crippen molar-refractivity contribution in [1.29, 1.82) is 0 Å². The Morgan fingerprint density at radius 3 is 1.90 bits per heavy atom. The number of benzene rings is 2. The summed E-state index contributed by atoms with van der Waals surface area (Å²) in [6, 6.07) is 18.2. The van der Waals surface area contributed by atoms with E-state index in [1.54, 1.807) is 17.4 Å². The van der Waals surface area contributed by atoms with Crippen LogP contribution in [0.25, 0.3) is 21.6 Å². The molecule has 2 heteroatoms. The van der Waals surface area contributed by atoms with Gasteiger partial charge >= 0.3 is 0 Å². The van der Waals surface area contributed by atoms with Crippen molar-refractivity contribution in [1.82, 2.24) is 0 Å². The van der Waals surface area contributed by atoms with Gasteiger partial charge in [-0.05, 0) is 36.1 Å². The fourth-order valence-electron chi connectivity index (χ4n) is 2.35. The van der Waals surface area contributed by atoms with Crippen molar-refractivity contribution in [3.8, 4) is 21.6 Å². The zero-order chi connectivity index (χ0) is 14.8. The summed E-state index contributed by atoms with van der Waals surface area (Å²) in [7, 11) is 0. The van der Waals surface area contributed by atoms with E-state index in [0.29, 0.717) is 0 Å². The highest BCUT2D eigenvalue weighted by atomic mass is 32.1. The second kappa shape index (κ2) is 5.82. The molecule has 21 heavy (non-hydrogen) atoms. The summed E-state index contributed by atoms with van der Waals surface area (Å²) < 4.78 is 14.0. The molecule has 106 valence electrons. The largest absolute Gasteiger partial charge is 0.205 e. The van der Waals surface area contributed by atoms with Crippen LogP contribution in [0.4, 0.5) is 4.39 Å². The summed E-state index contributed by atoms with van der Waals surface area (Å²) in [6.45, 7) is 4.13. The average Bonchev–Trinajstić information content (AvgIpc) is 2.89. The van der Waals surface area contributed by atoms with Crippen LogP contribution >= 0.6 is 11.3 Å². The van der Waals surface area contributed by atoms with Crippen molar-refractivity contribution in [2.75, 3.05) is 0 Å². The van der Waals surface area contributed by atoms with E-state index in [1.807, 2.05) is 12.1 Å². The lowest BCUT2D eigenvalue weighted by atomic mass is 10.0. The van der Waals surface area contributed by atoms with Crippen LogP contribution in [0.2, 0.25) is 0 Å². The van der Waals surface area contributed by atoms with Crippen LogP contribution in [-0.2, 0) is 6.42 Å². The Morgan fingerprint density at radius 1 is 0.857 bits per heavy atom. The zero-order valence-corrected chi connectivity index (χ0v) is 13.0. The Kier molecular flexibility index (Phi) is 3.89. The predicted molar refractivity (Wildman–Crippen MR) is 89.3 cm³/mol. The number of thiophene rings is 1. The summed E-state index contributed by atoms with van der Waals surface area (Å²) in [5.41, 5.74) is 4.55. The van der Waals surface area contributed by atoms with E-state index < -0.39 is 0 Å². The van der Waals surface area contributed by atoms with Crippen LogP contribution in [-0.4, -0.2) is 0 Å². The highest BCUT2D eigenvalue weighted by Gasteiger charge is 2.10. The molecule has 0 bridgehead atoms. The summed E-state index contributed by atoms with van der Waals surface area (Å²) in [5, 5.41) is 0. The molecule has 0 aliphatic rings. The molecule has 0 unspecified atom stereocenters. The molecule has 0 amide bonds. The van der Waals surface area contributed by atoms with Crippen molar-refractivity contribution >= 4 is 11.3 Å². The third-order valence-electron chi connectivity index (χ3n) is 3.62. The van der Waals surface area contributed by atoms with Gasteiger partial charge in [-0.1, -0.05) is 61.0 Å². The van der Waals surface area contributed by atoms with Gasteiger partial charge in [0.15, 0.2) is 0 Å². The molecule has 0 nitrogen and oxygen atoms in total. The van der Waals surface area contributed by atoms with Crippen molar-refractivity contribution in [3.63, 3.8) is 0 Å². The van der Waals surface area contributed by atoms with Gasteiger partial charge in [0, 0.05) is 4.88 Å². The molecule has 2 aromatic carbocycles. The minimum absolute atomic E-state index is 0.111. The second-order valence-electron chi connectivity index (χ2n) is 5.19. The predicted octanol–water partition coefficient (Wildman–Crippen LogP) is 6.09. The molecule has 0 radical (unpaired) electrons. The van der Waals surface area contributed by atoms with E-state index in [-0.39, 0.29) is 5.82 Å². The lowest BCUT2D eigenvalue weighted by Gasteiger charge is -2.04. The maximum atomic E-state index is 14.0. The van der Waals surface area contributed by atoms with Gasteiger partial charge < -0.3 is 0 Å². The van der Waals surface area contributed by atoms with Crippen LogP contribution in [0.1, 0.15) is 17.4 Å². The van der Waals surface area contributed by atoms with E-state index in [2.05, 4.69) is 50.2 Å². The number of aryl methyl sites for hydroxylation is 2. The van der Waals surface area contributed by atoms with E-state index in [9.17, 15) is 4.39 Å². The van der Waals surface area contributed by atoms with Crippen molar-refractivity contribution < 1.29 is 4.39 Å². The van der Waals surface area contributed by atoms with Gasteiger partial charge in [0.1, 0.15) is 5.82 Å². The summed E-state index contributed by atoms with van der Waals surface area (Å²) in [4.78, 5) is 1.83. The van der Waals surface area contributed by atoms with Gasteiger partial charge in [0.25, 0.3) is 0 Å². The Labute approximate surface area is 128 Å². The van der Waals surface area contributed by atoms with E-state index in [0.717, 1.165) is 27.3 Å². The molecule has 3 rings (SSSR count). The van der Waals surface area contributed by atoms with Crippen LogP contribution in [0, 0.1) is 12.7 Å². The topological polar surface area (TPSA) is 0 Å². The standard InChI is InChI=1S/C19H17FS/c1-3-17-12-18(20)19(21-17)16-10-8-15(9-11-16)14-6-4-13(2)5-7-14/h4-12H,3H2,1-2H3. The first-order chi connectivity index (χ1) is 10.2. The number of rotatable bonds is 3. The molecule has 0 N–H and O–H groups in total. The Morgan fingerprint density at radius 2 is 1.38 bits per heavy atom. The molecule has 3 aromatic rings. The molecule has 0 fully saturated rings. The lowest BCUT2D eigenvalue weighted by Crippen LogP contribution is -1.80. The second-order valence-corrected chi connectivity index (χ2v) is 6.32. The normalized spacial score (nSPS) is 10.8. The molecule has 0 saturated heterocycles. The molecule has 0 aliphatic heterocycles. The number of hydrogen-bond donors (Lipinski definition) is 0. The Balaban J connectivity index is 1.93. The van der Waals surface area contributed by atoms with E-state index in [1.165, 1.54) is 11.1 Å². The Hall–Kier alpha value is -1.93. The minimum Gasteiger partial charge on any atom is -0.205 e. The quantitative estimate of drug-likeness (QED) is 0.548. The summed E-state index contributed by atoms with van der Waals surface area (Å²) in [5.74, 6) is -0.111. The lowest BCUT2D eigenvalue weighted by molar-refractivity contribution is 0.635. The first kappa shape index (κ1) is 14.0. The highest BCUT2D eigenvalue weighted by Crippen LogP contribution is 2.33. The molecular weight excluding hydrogens is 279 g/mol. The molecule has 0 aliphatic carbocycles. The third kappa shape index (κ3) is 2.91. The minimum atomic E-state index is -0.111. The van der Waals surface area contributed by atoms with Crippen molar-refractivity contribution in [2.45, 2.75) is 20.3 Å². The number of halogens is 1. The van der Waals surface area contributed by atoms with Gasteiger partial charge in [-0.25, -0.2) is 4.39 Å². The van der Waals surface area contributed by atoms with Crippen molar-refractivity contribution in [3.05, 3.63) is 70.9 Å². The molecule has 0 saturated carbocycles. The molecule has 0 spiro atoms. The average molecular weight is 296 g/mol. The molecular formula is C19H17FS. The maximum absolute atomic E-state index is 14.0. The van der Waals surface area contributed by atoms with Gasteiger partial charge in [-0.2, -0.15) is 0 Å². The van der Waals surface area contributed by atoms with Gasteiger partial charge in [-0.3, -0.25) is 0 Å². The maximum Gasteiger partial charge on any atom is 0.142 e. The smallest absolute Gasteiger partial charge is 0.142 e. The SMILES string of the molecule is CCc1cc(F)c(-c2ccc(-c3ccc(C)cc3)cc2)s1. The van der Waals surface area contributed by atoms with Gasteiger partial charge in [-0.15, -0.1) is 11.3 Å². The van der Waals surface area contributed by atoms with Crippen LogP contribution in [0.3, 0.4) is 0 Å². The van der Waals surface area contributed by atoms with E-state index >= 15 is 0 Å². The summed E-state index contributed by atoms with van der Waals surface area (Å²) in [6.07, 6.45) is 0.878. The molecule has 1 aromatic heterocycles. The first-order valence-electron chi connectivity index (χ1n) is 7.13. The monoisotopic (exact) mass is 296 g/mol. The molecule has 0 atom stereocenters. The molecule has 1 heterocycles. The highest BCUT2D eigenvalue weighted by molar-refractivity contribution is 7.15. The van der Waals surface area contributed by atoms with Crippen molar-refractivity contribution in [2.24, 2.45) is 0 Å². The number of hydrogen-bond acceptors (Lipinski definition) is 1. The van der Waals surface area contributed by atoms with Gasteiger partial charge in [0.2, 0.25) is 0 Å². The first-order valence-corrected chi connectivity index (χ1v) is 7.94. The van der Waals surface area contributed by atoms with Crippen LogP contribution in [0.15, 0.2) is 54.6 Å². The van der Waals surface area contributed by atoms with Crippen LogP contribution in [0.5, 0.6) is 0 Å². The fourth-order valence-corrected chi connectivity index (χ4v) is 3.33. The third-order valence-corrected chi connectivity index (χ3v) is 4.92. The van der Waals surface area contributed by atoms with Gasteiger partial charge in [0.05, 0.1) is 4.88 Å². The zero-order valence-electron chi connectivity index (χ0n) is 12.2. The van der Waals surface area contributed by atoms with E-state index in [4.69, 9.17) is 0 Å². The van der Waals surface area contributed by atoms with Crippen LogP contribution < -0.4 is 0 Å².